The van der Waals surface area contributed by atoms with Gasteiger partial charge in [-0.25, -0.2) is 5.43 Å². The van der Waals surface area contributed by atoms with Gasteiger partial charge in [0.1, 0.15) is 0 Å². The van der Waals surface area contributed by atoms with Gasteiger partial charge in [-0.15, -0.1) is 0 Å². The van der Waals surface area contributed by atoms with Gasteiger partial charge in [-0.1, -0.05) is 52.7 Å². The Balaban J connectivity index is 2.03. The van der Waals surface area contributed by atoms with E-state index in [1.807, 2.05) is 0 Å². The Bertz CT molecular complexity index is 615. The Hall–Kier alpha value is -1.16. The van der Waals surface area contributed by atoms with Crippen molar-refractivity contribution in [1.82, 2.24) is 5.43 Å². The van der Waals surface area contributed by atoms with Crippen molar-refractivity contribution in [3.05, 3.63) is 69.2 Å². The zero-order chi connectivity index (χ0) is 14.8. The first-order valence-electron chi connectivity index (χ1n) is 7.51. The smallest absolute Gasteiger partial charge is 0.0713 e. The molecule has 1 fully saturated rings. The second kappa shape index (κ2) is 6.30. The van der Waals surface area contributed by atoms with Crippen molar-refractivity contribution in [3.8, 4) is 0 Å². The highest BCUT2D eigenvalue weighted by Crippen LogP contribution is 2.40. The number of hydrazine groups is 1. The quantitative estimate of drug-likeness (QED) is 0.629. The predicted molar refractivity (Wildman–Crippen MR) is 91.1 cm³/mol. The average Bonchev–Trinajstić information content (AvgIpc) is 2.38. The molecule has 0 bridgehead atoms. The molecule has 0 spiro atoms. The lowest BCUT2D eigenvalue weighted by atomic mass is 9.76. The van der Waals surface area contributed by atoms with Gasteiger partial charge in [0.15, 0.2) is 0 Å². The van der Waals surface area contributed by atoms with Crippen LogP contribution in [-0.4, -0.2) is 0 Å². The third kappa shape index (κ3) is 3.05. The van der Waals surface area contributed by atoms with E-state index in [1.165, 1.54) is 41.5 Å². The van der Waals surface area contributed by atoms with Gasteiger partial charge in [0, 0.05) is 4.47 Å². The molecule has 110 valence electrons. The summed E-state index contributed by atoms with van der Waals surface area (Å²) in [6.45, 7) is 2.11. The molecule has 21 heavy (non-hydrogen) atoms. The van der Waals surface area contributed by atoms with Crippen molar-refractivity contribution < 1.29 is 0 Å². The van der Waals surface area contributed by atoms with Crippen LogP contribution in [0.25, 0.3) is 0 Å². The number of aryl methyl sites for hydroxylation is 1. The van der Waals surface area contributed by atoms with Gasteiger partial charge >= 0.3 is 0 Å². The number of rotatable bonds is 4. The molecule has 2 aromatic carbocycles. The molecule has 1 atom stereocenters. The lowest BCUT2D eigenvalue weighted by Gasteiger charge is -2.30. The van der Waals surface area contributed by atoms with Crippen LogP contribution in [0.1, 0.15) is 53.5 Å². The average molecular weight is 345 g/mol. The first-order valence-corrected chi connectivity index (χ1v) is 8.30. The van der Waals surface area contributed by atoms with E-state index in [1.54, 1.807) is 0 Å². The number of halogens is 1. The van der Waals surface area contributed by atoms with Crippen molar-refractivity contribution in [2.24, 2.45) is 5.84 Å². The second-order valence-electron chi connectivity index (χ2n) is 5.92. The minimum absolute atomic E-state index is 0.0398. The summed E-state index contributed by atoms with van der Waals surface area (Å²) >= 11 is 3.59. The summed E-state index contributed by atoms with van der Waals surface area (Å²) in [5.74, 6) is 6.60. The van der Waals surface area contributed by atoms with Crippen molar-refractivity contribution >= 4 is 15.9 Å². The van der Waals surface area contributed by atoms with E-state index in [9.17, 15) is 0 Å². The molecule has 0 aromatic heterocycles. The van der Waals surface area contributed by atoms with Gasteiger partial charge in [0.2, 0.25) is 0 Å². The molecule has 0 radical (unpaired) electrons. The highest BCUT2D eigenvalue weighted by atomic mass is 79.9. The molecule has 1 unspecified atom stereocenters. The summed E-state index contributed by atoms with van der Waals surface area (Å²) in [5.41, 5.74) is 8.21. The summed E-state index contributed by atoms with van der Waals surface area (Å²) < 4.78 is 1.10. The van der Waals surface area contributed by atoms with Crippen LogP contribution in [0.15, 0.2) is 46.9 Å². The minimum Gasteiger partial charge on any atom is -0.271 e. The van der Waals surface area contributed by atoms with E-state index in [4.69, 9.17) is 5.84 Å². The maximum absolute atomic E-state index is 5.90. The lowest BCUT2D eigenvalue weighted by molar-refractivity contribution is 0.414. The molecule has 0 saturated heterocycles. The van der Waals surface area contributed by atoms with Gasteiger partial charge < -0.3 is 0 Å². The third-order valence-electron chi connectivity index (χ3n) is 4.42. The third-order valence-corrected chi connectivity index (χ3v) is 4.87. The molecular weight excluding hydrogens is 324 g/mol. The van der Waals surface area contributed by atoms with Crippen LogP contribution in [-0.2, 0) is 0 Å². The van der Waals surface area contributed by atoms with Gasteiger partial charge in [-0.3, -0.25) is 5.84 Å². The summed E-state index contributed by atoms with van der Waals surface area (Å²) in [7, 11) is 0. The fraction of sp³-hybridized carbons (Fsp3) is 0.333. The molecule has 2 aromatic rings. The van der Waals surface area contributed by atoms with E-state index in [0.29, 0.717) is 5.92 Å². The molecule has 2 nitrogen and oxygen atoms in total. The van der Waals surface area contributed by atoms with Gasteiger partial charge in [-0.05, 0) is 60.1 Å². The molecule has 0 amide bonds. The standard InChI is InChI=1S/C18H21BrN2/c1-12-9-14(11-15(19)10-12)18(21-20)17-8-3-2-7-16(17)13-5-4-6-13/h2-3,7-11,13,18,21H,4-6,20H2,1H3. The summed E-state index contributed by atoms with van der Waals surface area (Å²) in [6.07, 6.45) is 3.94. The predicted octanol–water partition coefficient (Wildman–Crippen LogP) is 4.58. The number of nitrogens with two attached hydrogens (primary N) is 1. The topological polar surface area (TPSA) is 38.0 Å². The Morgan fingerprint density at radius 3 is 2.57 bits per heavy atom. The molecule has 1 aliphatic rings. The number of benzene rings is 2. The van der Waals surface area contributed by atoms with Gasteiger partial charge in [0.25, 0.3) is 0 Å². The van der Waals surface area contributed by atoms with Gasteiger partial charge in [-0.2, -0.15) is 0 Å². The van der Waals surface area contributed by atoms with E-state index < -0.39 is 0 Å². The number of nitrogens with one attached hydrogen (secondary N) is 1. The van der Waals surface area contributed by atoms with Crippen LogP contribution in [0.4, 0.5) is 0 Å². The zero-order valence-corrected chi connectivity index (χ0v) is 13.9. The molecule has 3 rings (SSSR count). The van der Waals surface area contributed by atoms with Crippen LogP contribution in [0.2, 0.25) is 0 Å². The van der Waals surface area contributed by atoms with Crippen molar-refractivity contribution in [2.45, 2.75) is 38.1 Å². The largest absolute Gasteiger partial charge is 0.271 e. The zero-order valence-electron chi connectivity index (χ0n) is 12.3. The fourth-order valence-electron chi connectivity index (χ4n) is 3.16. The summed E-state index contributed by atoms with van der Waals surface area (Å²) in [4.78, 5) is 0. The Morgan fingerprint density at radius 1 is 1.19 bits per heavy atom. The lowest BCUT2D eigenvalue weighted by Crippen LogP contribution is -2.30. The van der Waals surface area contributed by atoms with Crippen molar-refractivity contribution in [2.75, 3.05) is 0 Å². The Kier molecular flexibility index (Phi) is 4.43. The minimum atomic E-state index is 0.0398. The maximum Gasteiger partial charge on any atom is 0.0713 e. The molecule has 3 heteroatoms. The molecule has 0 aliphatic heterocycles. The SMILES string of the molecule is Cc1cc(Br)cc(C(NN)c2ccccc2C2CCC2)c1. The number of hydrogen-bond acceptors (Lipinski definition) is 2. The van der Waals surface area contributed by atoms with Gasteiger partial charge in [0.05, 0.1) is 6.04 Å². The van der Waals surface area contributed by atoms with Crippen LogP contribution in [0, 0.1) is 6.92 Å². The second-order valence-corrected chi connectivity index (χ2v) is 6.83. The molecule has 3 N–H and O–H groups in total. The summed E-state index contributed by atoms with van der Waals surface area (Å²) in [5, 5.41) is 0. The molecular formula is C18H21BrN2. The molecule has 1 aliphatic carbocycles. The Morgan fingerprint density at radius 2 is 1.95 bits per heavy atom. The first-order chi connectivity index (χ1) is 10.2. The normalized spacial score (nSPS) is 16.5. The van der Waals surface area contributed by atoms with Crippen molar-refractivity contribution in [3.63, 3.8) is 0 Å². The van der Waals surface area contributed by atoms with Crippen LogP contribution in [0.5, 0.6) is 0 Å². The summed E-state index contributed by atoms with van der Waals surface area (Å²) in [6, 6.07) is 15.2. The first kappa shape index (κ1) is 14.8. The van der Waals surface area contributed by atoms with E-state index in [-0.39, 0.29) is 6.04 Å². The fourth-order valence-corrected chi connectivity index (χ4v) is 3.79. The van der Waals surface area contributed by atoms with Crippen LogP contribution >= 0.6 is 15.9 Å². The highest BCUT2D eigenvalue weighted by molar-refractivity contribution is 9.10. The molecule has 1 saturated carbocycles. The van der Waals surface area contributed by atoms with E-state index >= 15 is 0 Å². The monoisotopic (exact) mass is 344 g/mol. The van der Waals surface area contributed by atoms with Crippen molar-refractivity contribution in [1.29, 1.82) is 0 Å². The number of hydrogen-bond donors (Lipinski definition) is 2. The molecule has 0 heterocycles. The van der Waals surface area contributed by atoms with Crippen LogP contribution in [0.3, 0.4) is 0 Å². The van der Waals surface area contributed by atoms with E-state index in [0.717, 1.165) is 4.47 Å². The highest BCUT2D eigenvalue weighted by Gasteiger charge is 2.25. The Labute approximate surface area is 134 Å². The van der Waals surface area contributed by atoms with E-state index in [2.05, 4.69) is 70.7 Å². The maximum atomic E-state index is 5.90. The van der Waals surface area contributed by atoms with Crippen LogP contribution < -0.4 is 11.3 Å².